The molecule has 0 spiro atoms. The second kappa shape index (κ2) is 12.3. The molecule has 5 nitrogen and oxygen atoms in total. The topological polar surface area (TPSA) is 45.2 Å². The number of nitrogens with zero attached hydrogens (tertiary/aromatic N) is 2. The molecule has 1 unspecified atom stereocenters. The van der Waals surface area contributed by atoms with Crippen LogP contribution in [0.1, 0.15) is 47.9 Å². The molecule has 4 aromatic rings. The van der Waals surface area contributed by atoms with Gasteiger partial charge in [-0.2, -0.15) is 0 Å². The Morgan fingerprint density at radius 1 is 0.950 bits per heavy atom. The Kier molecular flexibility index (Phi) is 8.40. The summed E-state index contributed by atoms with van der Waals surface area (Å²) in [6, 6.07) is 21.2. The average Bonchev–Trinajstić information content (AvgIpc) is 3.71. The quantitative estimate of drug-likeness (QED) is 0.224. The van der Waals surface area contributed by atoms with Crippen molar-refractivity contribution in [3.05, 3.63) is 82.9 Å². The van der Waals surface area contributed by atoms with Gasteiger partial charge in [-0.1, -0.05) is 18.2 Å². The third kappa shape index (κ3) is 6.06. The first-order chi connectivity index (χ1) is 19.6. The van der Waals surface area contributed by atoms with Gasteiger partial charge in [0.25, 0.3) is 0 Å². The molecule has 2 aliphatic heterocycles. The van der Waals surface area contributed by atoms with Gasteiger partial charge < -0.3 is 14.6 Å². The monoisotopic (exact) mass is 556 g/mol. The summed E-state index contributed by atoms with van der Waals surface area (Å²) < 4.78 is 12.9. The van der Waals surface area contributed by atoms with Crippen LogP contribution in [-0.4, -0.2) is 61.0 Å². The van der Waals surface area contributed by atoms with E-state index in [1.54, 1.807) is 17.4 Å². The molecule has 6 rings (SSSR count). The van der Waals surface area contributed by atoms with Crippen LogP contribution in [0.5, 0.6) is 11.5 Å². The van der Waals surface area contributed by atoms with Gasteiger partial charge in [0, 0.05) is 36.3 Å². The highest BCUT2D eigenvalue weighted by molar-refractivity contribution is 7.22. The predicted octanol–water partition coefficient (Wildman–Crippen LogP) is 7.22. The van der Waals surface area contributed by atoms with Crippen LogP contribution in [0.15, 0.2) is 60.7 Å². The van der Waals surface area contributed by atoms with E-state index < -0.39 is 0 Å². The lowest BCUT2D eigenvalue weighted by Gasteiger charge is -2.24. The maximum atomic E-state index is 10.2. The number of phenolic OH excluding ortho intramolecular Hbond substituents is 1. The molecule has 2 aliphatic rings. The molecule has 0 radical (unpaired) electrons. The van der Waals surface area contributed by atoms with Crippen molar-refractivity contribution in [3.63, 3.8) is 0 Å². The first-order valence-electron chi connectivity index (χ1n) is 14.6. The van der Waals surface area contributed by atoms with E-state index in [0.29, 0.717) is 5.75 Å². The zero-order chi connectivity index (χ0) is 27.5. The number of hydrogen-bond acceptors (Lipinski definition) is 6. The van der Waals surface area contributed by atoms with Crippen LogP contribution in [0.2, 0.25) is 0 Å². The summed E-state index contributed by atoms with van der Waals surface area (Å²) in [6.07, 6.45) is 6.01. The second-order valence-electron chi connectivity index (χ2n) is 11.3. The van der Waals surface area contributed by atoms with Gasteiger partial charge in [-0.05, 0) is 128 Å². The number of benzene rings is 3. The Morgan fingerprint density at radius 3 is 2.55 bits per heavy atom. The average molecular weight is 557 g/mol. The predicted molar refractivity (Wildman–Crippen MR) is 165 cm³/mol. The van der Waals surface area contributed by atoms with E-state index in [4.69, 9.17) is 9.47 Å². The fourth-order valence-corrected chi connectivity index (χ4v) is 7.52. The lowest BCUT2D eigenvalue weighted by Crippen LogP contribution is -2.30. The van der Waals surface area contributed by atoms with Crippen LogP contribution >= 0.6 is 11.3 Å². The Morgan fingerprint density at radius 2 is 1.77 bits per heavy atom. The molecule has 6 heteroatoms. The molecule has 40 heavy (non-hydrogen) atoms. The van der Waals surface area contributed by atoms with Gasteiger partial charge >= 0.3 is 0 Å². The van der Waals surface area contributed by atoms with Crippen molar-refractivity contribution in [1.82, 2.24) is 9.80 Å². The number of aryl methyl sites for hydroxylation is 1. The molecule has 0 amide bonds. The molecule has 0 bridgehead atoms. The second-order valence-corrected chi connectivity index (χ2v) is 12.3. The van der Waals surface area contributed by atoms with E-state index in [1.807, 2.05) is 13.2 Å². The number of fused-ring (bicyclic) bond motifs is 1. The van der Waals surface area contributed by atoms with E-state index in [0.717, 1.165) is 49.5 Å². The molecule has 1 N–H and O–H groups in total. The molecule has 1 aromatic heterocycles. The molecule has 0 aliphatic carbocycles. The van der Waals surface area contributed by atoms with Crippen molar-refractivity contribution in [2.75, 3.05) is 39.9 Å². The zero-order valence-electron chi connectivity index (χ0n) is 23.7. The molecule has 2 fully saturated rings. The lowest BCUT2D eigenvalue weighted by molar-refractivity contribution is -0.00823. The lowest BCUT2D eigenvalue weighted by atomic mass is 9.96. The van der Waals surface area contributed by atoms with E-state index in [1.165, 1.54) is 70.4 Å². The van der Waals surface area contributed by atoms with Crippen molar-refractivity contribution in [3.8, 4) is 21.9 Å². The maximum Gasteiger partial charge on any atom is 0.119 e. The summed E-state index contributed by atoms with van der Waals surface area (Å²) in [7, 11) is 1.82. The smallest absolute Gasteiger partial charge is 0.119 e. The Hall–Kier alpha value is -2.90. The first-order valence-corrected chi connectivity index (χ1v) is 15.4. The largest absolute Gasteiger partial charge is 0.508 e. The van der Waals surface area contributed by atoms with Crippen molar-refractivity contribution in [2.45, 2.75) is 51.8 Å². The zero-order valence-corrected chi connectivity index (χ0v) is 24.5. The van der Waals surface area contributed by atoms with Crippen LogP contribution in [0.3, 0.4) is 0 Å². The highest BCUT2D eigenvalue weighted by Gasteiger charge is 2.24. The minimum Gasteiger partial charge on any atom is -0.508 e. The standard InChI is InChI=1S/C34H40N2O3S/c1-24-20-25(7-8-27(24)23-36-17-5-6-33(36)38-2)21-31-30-14-11-28(37)22-32(30)40-34(31)26-9-12-29(13-10-26)39-19-18-35-15-3-4-16-35/h7-14,20,22,33,37H,3-6,15-19,21,23H2,1-2H3. The van der Waals surface area contributed by atoms with E-state index in [2.05, 4.69) is 65.3 Å². The number of methoxy groups -OCH3 is 1. The number of ether oxygens (including phenoxy) is 2. The first kappa shape index (κ1) is 27.3. The summed E-state index contributed by atoms with van der Waals surface area (Å²) >= 11 is 1.75. The Labute approximate surface area is 242 Å². The molecule has 1 atom stereocenters. The van der Waals surface area contributed by atoms with Gasteiger partial charge in [0.05, 0.1) is 0 Å². The van der Waals surface area contributed by atoms with E-state index in [-0.39, 0.29) is 6.23 Å². The fraction of sp³-hybridized carbons (Fsp3) is 0.412. The summed E-state index contributed by atoms with van der Waals surface area (Å²) in [5.41, 5.74) is 6.51. The van der Waals surface area contributed by atoms with Crippen molar-refractivity contribution in [2.24, 2.45) is 0 Å². The maximum absolute atomic E-state index is 10.2. The summed E-state index contributed by atoms with van der Waals surface area (Å²) in [4.78, 5) is 6.18. The third-order valence-electron chi connectivity index (χ3n) is 8.50. The minimum atomic E-state index is 0.233. The van der Waals surface area contributed by atoms with Gasteiger partial charge in [-0.3, -0.25) is 9.80 Å². The van der Waals surface area contributed by atoms with Crippen molar-refractivity contribution >= 4 is 21.4 Å². The normalized spacial score (nSPS) is 18.2. The van der Waals surface area contributed by atoms with Gasteiger partial charge in [0.1, 0.15) is 24.3 Å². The van der Waals surface area contributed by atoms with Gasteiger partial charge in [-0.15, -0.1) is 11.3 Å². The molecule has 2 saturated heterocycles. The third-order valence-corrected chi connectivity index (χ3v) is 9.75. The van der Waals surface area contributed by atoms with Crippen LogP contribution in [0.4, 0.5) is 0 Å². The highest BCUT2D eigenvalue weighted by atomic mass is 32.1. The molecule has 3 aromatic carbocycles. The molecule has 210 valence electrons. The van der Waals surface area contributed by atoms with Crippen LogP contribution < -0.4 is 4.74 Å². The van der Waals surface area contributed by atoms with E-state index in [9.17, 15) is 5.11 Å². The van der Waals surface area contributed by atoms with Crippen molar-refractivity contribution in [1.29, 1.82) is 0 Å². The Bertz CT molecular complexity index is 1440. The number of aromatic hydroxyl groups is 1. The van der Waals surface area contributed by atoms with Gasteiger partial charge in [0.2, 0.25) is 0 Å². The Balaban J connectivity index is 1.22. The number of hydrogen-bond donors (Lipinski definition) is 1. The minimum absolute atomic E-state index is 0.233. The fourth-order valence-electron chi connectivity index (χ4n) is 6.26. The number of thiophene rings is 1. The van der Waals surface area contributed by atoms with Gasteiger partial charge in [0.15, 0.2) is 0 Å². The summed E-state index contributed by atoms with van der Waals surface area (Å²) in [6.45, 7) is 8.37. The van der Waals surface area contributed by atoms with Crippen LogP contribution in [-0.2, 0) is 17.7 Å². The van der Waals surface area contributed by atoms with Crippen LogP contribution in [0.25, 0.3) is 20.5 Å². The van der Waals surface area contributed by atoms with Crippen LogP contribution in [0, 0.1) is 6.92 Å². The van der Waals surface area contributed by atoms with Crippen molar-refractivity contribution < 1.29 is 14.6 Å². The number of rotatable bonds is 10. The SMILES string of the molecule is COC1CCCN1Cc1ccc(Cc2c(-c3ccc(OCCN4CCCC4)cc3)sc3cc(O)ccc23)cc1C. The number of phenols is 1. The molecular weight excluding hydrogens is 516 g/mol. The summed E-state index contributed by atoms with van der Waals surface area (Å²) in [5.74, 6) is 1.23. The van der Waals surface area contributed by atoms with E-state index >= 15 is 0 Å². The molecule has 0 saturated carbocycles. The summed E-state index contributed by atoms with van der Waals surface area (Å²) in [5, 5.41) is 11.4. The van der Waals surface area contributed by atoms with Gasteiger partial charge in [-0.25, -0.2) is 0 Å². The molecular formula is C34H40N2O3S. The highest BCUT2D eigenvalue weighted by Crippen LogP contribution is 2.41. The number of likely N-dealkylation sites (tertiary alicyclic amines) is 2. The molecule has 3 heterocycles.